The Kier molecular flexibility index (Phi) is 9.06. The molecule has 0 atom stereocenters. The van der Waals surface area contributed by atoms with Crippen molar-refractivity contribution in [2.75, 3.05) is 6.61 Å². The van der Waals surface area contributed by atoms with Crippen LogP contribution in [0.1, 0.15) is 81.6 Å². The fourth-order valence-electron chi connectivity index (χ4n) is 4.50. The number of halogens is 2. The van der Waals surface area contributed by atoms with Crippen LogP contribution < -0.4 is 4.74 Å². The number of benzene rings is 1. The van der Waals surface area contributed by atoms with Gasteiger partial charge >= 0.3 is 0 Å². The Morgan fingerprint density at radius 2 is 1.35 bits per heavy atom. The van der Waals surface area contributed by atoms with E-state index >= 15 is 0 Å². The third kappa shape index (κ3) is 5.69. The van der Waals surface area contributed by atoms with Crippen molar-refractivity contribution in [1.82, 2.24) is 0 Å². The van der Waals surface area contributed by atoms with E-state index in [1.807, 2.05) is 0 Å². The first-order valence-corrected chi connectivity index (χ1v) is 9.61. The van der Waals surface area contributed by atoms with Crippen LogP contribution in [0.15, 0.2) is 12.1 Å². The van der Waals surface area contributed by atoms with Gasteiger partial charge in [-0.05, 0) is 69.1 Å². The van der Waals surface area contributed by atoms with Crippen molar-refractivity contribution in [3.8, 4) is 5.75 Å². The molecule has 2 saturated carbocycles. The normalized spacial score (nSPS) is 28.6. The second-order valence-electron chi connectivity index (χ2n) is 8.12. The Bertz CT molecular complexity index is 529. The molecule has 0 amide bonds. The van der Waals surface area contributed by atoms with Gasteiger partial charge in [-0.15, -0.1) is 0 Å². The number of rotatable bonds is 4. The molecule has 2 aliphatic carbocycles. The van der Waals surface area contributed by atoms with E-state index in [0.29, 0.717) is 18.3 Å². The molecule has 154 valence electrons. The van der Waals surface area contributed by atoms with Gasteiger partial charge in [-0.25, -0.2) is 8.78 Å². The van der Waals surface area contributed by atoms with Crippen LogP contribution in [0.4, 0.5) is 8.78 Å². The summed E-state index contributed by atoms with van der Waals surface area (Å²) in [7, 11) is 0. The molecule has 1 aromatic rings. The van der Waals surface area contributed by atoms with Crippen molar-refractivity contribution >= 4 is 0 Å². The Morgan fingerprint density at radius 1 is 0.885 bits per heavy atom. The highest BCUT2D eigenvalue weighted by molar-refractivity contribution is 5.29. The van der Waals surface area contributed by atoms with E-state index in [0.717, 1.165) is 17.8 Å². The quantitative estimate of drug-likeness (QED) is 0.519. The molecule has 1 nitrogen and oxygen atoms in total. The predicted molar refractivity (Wildman–Crippen MR) is 111 cm³/mol. The molecule has 0 saturated heterocycles. The van der Waals surface area contributed by atoms with Crippen LogP contribution in [0.5, 0.6) is 5.75 Å². The molecule has 26 heavy (non-hydrogen) atoms. The number of hydrogen-bond acceptors (Lipinski definition) is 1. The van der Waals surface area contributed by atoms with Crippen LogP contribution in [0.3, 0.4) is 0 Å². The van der Waals surface area contributed by atoms with E-state index in [1.54, 1.807) is 0 Å². The maximum atomic E-state index is 13.6. The molecule has 2 fully saturated rings. The molecule has 0 aliphatic heterocycles. The van der Waals surface area contributed by atoms with Gasteiger partial charge in [0, 0.05) is 20.5 Å². The Balaban J connectivity index is 0. The predicted octanol–water partition coefficient (Wildman–Crippen LogP) is 8.05. The third-order valence-electron chi connectivity index (χ3n) is 6.36. The molecular weight excluding hydrogens is 330 g/mol. The minimum atomic E-state index is -0.528. The molecule has 0 bridgehead atoms. The largest absolute Gasteiger partial charge is 0.493 e. The lowest BCUT2D eigenvalue weighted by Gasteiger charge is -2.37. The lowest BCUT2D eigenvalue weighted by molar-refractivity contribution is 0.126. The van der Waals surface area contributed by atoms with Crippen molar-refractivity contribution in [3.63, 3.8) is 0 Å². The average molecular weight is 373 g/mol. The van der Waals surface area contributed by atoms with Crippen LogP contribution >= 0.6 is 0 Å². The van der Waals surface area contributed by atoms with Gasteiger partial charge in [0.05, 0.1) is 6.61 Å². The smallest absolute Gasteiger partial charge is 0.132 e. The van der Waals surface area contributed by atoms with Gasteiger partial charge in [0.1, 0.15) is 17.4 Å². The van der Waals surface area contributed by atoms with Crippen molar-refractivity contribution in [3.05, 3.63) is 29.3 Å². The second-order valence-corrected chi connectivity index (χ2v) is 8.12. The van der Waals surface area contributed by atoms with Crippen molar-refractivity contribution in [2.45, 2.75) is 80.1 Å². The molecule has 1 aromatic carbocycles. The van der Waals surface area contributed by atoms with Gasteiger partial charge in [-0.3, -0.25) is 0 Å². The first-order valence-electron chi connectivity index (χ1n) is 9.61. The monoisotopic (exact) mass is 372 g/mol. The summed E-state index contributed by atoms with van der Waals surface area (Å²) in [6, 6.07) is 2.60. The third-order valence-corrected chi connectivity index (χ3v) is 6.36. The van der Waals surface area contributed by atoms with Crippen LogP contribution in [0, 0.1) is 42.2 Å². The zero-order chi connectivity index (χ0) is 17.1. The maximum absolute atomic E-state index is 13.6. The standard InChI is InChI=1S/C21H30F2O.2CH4.2H2/c1-14-3-7-17(8-4-14)18-9-5-16(6-10-18)13-24-19-11-20(22)15(2)21(23)12-19;;;;/h11-12,14,16-18H,3-10,13H2,1-2H3;2*1H4;2*1H. The Hall–Kier alpha value is -1.12. The van der Waals surface area contributed by atoms with Gasteiger partial charge in [0.2, 0.25) is 0 Å². The van der Waals surface area contributed by atoms with E-state index in [9.17, 15) is 8.78 Å². The van der Waals surface area contributed by atoms with Gasteiger partial charge in [-0.1, -0.05) is 34.6 Å². The van der Waals surface area contributed by atoms with E-state index in [2.05, 4.69) is 6.92 Å². The zero-order valence-corrected chi connectivity index (χ0v) is 15.0. The molecule has 0 N–H and O–H groups in total. The molecule has 0 aromatic heterocycles. The van der Waals surface area contributed by atoms with Crippen molar-refractivity contribution in [1.29, 1.82) is 0 Å². The molecule has 3 heteroatoms. The van der Waals surface area contributed by atoms with Crippen molar-refractivity contribution in [2.24, 2.45) is 23.7 Å². The molecular formula is C23H42F2O. The van der Waals surface area contributed by atoms with Crippen LogP contribution in [-0.4, -0.2) is 6.61 Å². The van der Waals surface area contributed by atoms with E-state index in [-0.39, 0.29) is 23.3 Å². The average Bonchev–Trinajstić information content (AvgIpc) is 2.59. The van der Waals surface area contributed by atoms with Gasteiger partial charge in [0.25, 0.3) is 0 Å². The van der Waals surface area contributed by atoms with Crippen LogP contribution in [-0.2, 0) is 0 Å². The highest BCUT2D eigenvalue weighted by Gasteiger charge is 2.30. The van der Waals surface area contributed by atoms with Crippen molar-refractivity contribution < 1.29 is 16.4 Å². The van der Waals surface area contributed by atoms with Gasteiger partial charge < -0.3 is 4.74 Å². The van der Waals surface area contributed by atoms with Crippen LogP contribution in [0.2, 0.25) is 0 Å². The highest BCUT2D eigenvalue weighted by Crippen LogP contribution is 2.41. The molecule has 0 spiro atoms. The van der Waals surface area contributed by atoms with E-state index in [4.69, 9.17) is 4.74 Å². The van der Waals surface area contributed by atoms with Crippen LogP contribution in [0.25, 0.3) is 0 Å². The molecule has 3 rings (SSSR count). The molecule has 0 heterocycles. The van der Waals surface area contributed by atoms with Gasteiger partial charge in [0.15, 0.2) is 0 Å². The molecule has 2 aliphatic rings. The summed E-state index contributed by atoms with van der Waals surface area (Å²) in [5.41, 5.74) is 0.0599. The minimum absolute atomic E-state index is 0. The summed E-state index contributed by atoms with van der Waals surface area (Å²) < 4.78 is 32.8. The summed E-state index contributed by atoms with van der Waals surface area (Å²) in [5.74, 6) is 2.53. The summed E-state index contributed by atoms with van der Waals surface area (Å²) >= 11 is 0. The highest BCUT2D eigenvalue weighted by atomic mass is 19.1. The first-order chi connectivity index (χ1) is 11.5. The lowest BCUT2D eigenvalue weighted by Crippen LogP contribution is -2.27. The minimum Gasteiger partial charge on any atom is -0.493 e. The maximum Gasteiger partial charge on any atom is 0.132 e. The summed E-state index contributed by atoms with van der Waals surface area (Å²) in [6.45, 7) is 4.40. The SMILES string of the molecule is C.C.Cc1c(F)cc(OCC2CCC(C3CCC(C)CC3)CC2)cc1F.[HH].[HH]. The van der Waals surface area contributed by atoms with E-state index < -0.39 is 11.6 Å². The number of hydrogen-bond donors (Lipinski definition) is 0. The number of ether oxygens (including phenoxy) is 1. The first kappa shape index (κ1) is 22.9. The fourth-order valence-corrected chi connectivity index (χ4v) is 4.50. The molecule has 0 unspecified atom stereocenters. The zero-order valence-electron chi connectivity index (χ0n) is 15.0. The summed E-state index contributed by atoms with van der Waals surface area (Å²) in [5, 5.41) is 0. The Labute approximate surface area is 162 Å². The summed E-state index contributed by atoms with van der Waals surface area (Å²) in [4.78, 5) is 0. The topological polar surface area (TPSA) is 9.23 Å². The van der Waals surface area contributed by atoms with E-state index in [1.165, 1.54) is 70.4 Å². The summed E-state index contributed by atoms with van der Waals surface area (Å²) in [6.07, 6.45) is 10.6. The fraction of sp³-hybridized carbons (Fsp3) is 0.739. The lowest BCUT2D eigenvalue weighted by atomic mass is 9.69. The second kappa shape index (κ2) is 10.3. The molecule has 0 radical (unpaired) electrons. The van der Waals surface area contributed by atoms with Gasteiger partial charge in [-0.2, -0.15) is 0 Å². The Morgan fingerprint density at radius 3 is 1.85 bits per heavy atom.